The first-order chi connectivity index (χ1) is 7.27. The predicted octanol–water partition coefficient (Wildman–Crippen LogP) is 0.301. The van der Waals surface area contributed by atoms with Crippen LogP contribution in [0.15, 0.2) is 12.4 Å². The third-order valence-electron chi connectivity index (χ3n) is 2.09. The Kier molecular flexibility index (Phi) is 3.25. The second-order valence-electron chi connectivity index (χ2n) is 3.15. The molecule has 1 aromatic heterocycles. The Morgan fingerprint density at radius 1 is 1.53 bits per heavy atom. The van der Waals surface area contributed by atoms with Gasteiger partial charge in [0.25, 0.3) is 0 Å². The molecular formula is C9H10ClN3O2. The number of carbonyl (C=O) groups is 1. The molecule has 0 spiro atoms. The van der Waals surface area contributed by atoms with Gasteiger partial charge in [-0.15, -0.1) is 0 Å². The summed E-state index contributed by atoms with van der Waals surface area (Å²) in [6.45, 7) is 1.83. The van der Waals surface area contributed by atoms with Gasteiger partial charge < -0.3 is 10.1 Å². The molecule has 15 heavy (non-hydrogen) atoms. The van der Waals surface area contributed by atoms with Gasteiger partial charge in [-0.2, -0.15) is 0 Å². The highest BCUT2D eigenvalue weighted by Gasteiger charge is 2.24. The Balaban J connectivity index is 2.09. The first kappa shape index (κ1) is 10.5. The zero-order valence-electron chi connectivity index (χ0n) is 7.94. The van der Waals surface area contributed by atoms with E-state index in [1.54, 1.807) is 0 Å². The summed E-state index contributed by atoms with van der Waals surface area (Å²) in [5.41, 5.74) is 0.285. The molecule has 0 bridgehead atoms. The van der Waals surface area contributed by atoms with Crippen molar-refractivity contribution in [3.8, 4) is 0 Å². The van der Waals surface area contributed by atoms with E-state index in [4.69, 9.17) is 16.3 Å². The Labute approximate surface area is 91.8 Å². The zero-order chi connectivity index (χ0) is 10.7. The van der Waals surface area contributed by atoms with Crippen molar-refractivity contribution >= 4 is 17.4 Å². The van der Waals surface area contributed by atoms with E-state index in [0.717, 1.165) is 6.54 Å². The third kappa shape index (κ3) is 2.50. The minimum absolute atomic E-state index is 0.161. The number of hydrogen-bond donors (Lipinski definition) is 1. The number of aromatic nitrogens is 2. The Morgan fingerprint density at radius 3 is 3.00 bits per heavy atom. The molecule has 1 fully saturated rings. The summed E-state index contributed by atoms with van der Waals surface area (Å²) in [6.07, 6.45) is 2.25. The standard InChI is InChI=1S/C9H10ClN3O2/c10-8-5-12-6(3-13-8)9(14)7-4-11-1-2-15-7/h3,5,7,11H,1-2,4H2. The fraction of sp³-hybridized carbons (Fsp3) is 0.444. The van der Waals surface area contributed by atoms with E-state index in [9.17, 15) is 4.79 Å². The van der Waals surface area contributed by atoms with Crippen LogP contribution in [0.4, 0.5) is 0 Å². The van der Waals surface area contributed by atoms with Crippen LogP contribution in [0.1, 0.15) is 10.5 Å². The molecular weight excluding hydrogens is 218 g/mol. The fourth-order valence-electron chi connectivity index (χ4n) is 1.34. The number of carbonyl (C=O) groups excluding carboxylic acids is 1. The van der Waals surface area contributed by atoms with Crippen LogP contribution >= 0.6 is 11.6 Å². The van der Waals surface area contributed by atoms with Gasteiger partial charge in [-0.05, 0) is 0 Å². The molecule has 1 aliphatic heterocycles. The summed E-state index contributed by atoms with van der Waals surface area (Å²) in [5.74, 6) is -0.161. The summed E-state index contributed by atoms with van der Waals surface area (Å²) >= 11 is 5.57. The minimum Gasteiger partial charge on any atom is -0.367 e. The van der Waals surface area contributed by atoms with E-state index in [1.165, 1.54) is 12.4 Å². The SMILES string of the molecule is O=C(c1cnc(Cl)cn1)C1CNCCO1. The molecule has 0 amide bonds. The van der Waals surface area contributed by atoms with Gasteiger partial charge in [-0.25, -0.2) is 9.97 Å². The number of rotatable bonds is 2. The lowest BCUT2D eigenvalue weighted by Crippen LogP contribution is -2.43. The average molecular weight is 228 g/mol. The maximum Gasteiger partial charge on any atom is 0.212 e. The first-order valence-electron chi connectivity index (χ1n) is 4.61. The van der Waals surface area contributed by atoms with Crippen molar-refractivity contribution in [3.63, 3.8) is 0 Å². The quantitative estimate of drug-likeness (QED) is 0.737. The van der Waals surface area contributed by atoms with Crippen molar-refractivity contribution in [3.05, 3.63) is 23.2 Å². The number of nitrogens with one attached hydrogen (secondary N) is 1. The molecule has 5 nitrogen and oxygen atoms in total. The van der Waals surface area contributed by atoms with Gasteiger partial charge in [0.2, 0.25) is 5.78 Å². The van der Waals surface area contributed by atoms with E-state index >= 15 is 0 Å². The number of hydrogen-bond acceptors (Lipinski definition) is 5. The second kappa shape index (κ2) is 4.65. The van der Waals surface area contributed by atoms with E-state index in [-0.39, 0.29) is 16.6 Å². The fourth-order valence-corrected chi connectivity index (χ4v) is 1.44. The van der Waals surface area contributed by atoms with E-state index < -0.39 is 6.10 Å². The average Bonchev–Trinajstić information content (AvgIpc) is 2.30. The molecule has 1 N–H and O–H groups in total. The highest BCUT2D eigenvalue weighted by atomic mass is 35.5. The van der Waals surface area contributed by atoms with Crippen LogP contribution in [-0.4, -0.2) is 41.6 Å². The molecule has 0 radical (unpaired) electrons. The molecule has 0 aromatic carbocycles. The molecule has 2 heterocycles. The molecule has 2 rings (SSSR count). The van der Waals surface area contributed by atoms with Gasteiger partial charge in [0, 0.05) is 13.1 Å². The number of Topliss-reactive ketones (excluding diaryl/α,β-unsaturated/α-hetero) is 1. The Hall–Kier alpha value is -1.04. The normalized spacial score (nSPS) is 21.3. The minimum atomic E-state index is -0.464. The summed E-state index contributed by atoms with van der Waals surface area (Å²) in [7, 11) is 0. The summed E-state index contributed by atoms with van der Waals surface area (Å²) in [5, 5.41) is 3.35. The Morgan fingerprint density at radius 2 is 2.40 bits per heavy atom. The molecule has 0 aliphatic carbocycles. The maximum absolute atomic E-state index is 11.8. The van der Waals surface area contributed by atoms with Gasteiger partial charge >= 0.3 is 0 Å². The maximum atomic E-state index is 11.8. The lowest BCUT2D eigenvalue weighted by atomic mass is 10.1. The molecule has 1 aliphatic rings. The van der Waals surface area contributed by atoms with Gasteiger partial charge in [0.05, 0.1) is 19.0 Å². The third-order valence-corrected chi connectivity index (χ3v) is 2.29. The van der Waals surface area contributed by atoms with Gasteiger partial charge in [-0.3, -0.25) is 4.79 Å². The van der Waals surface area contributed by atoms with Crippen molar-refractivity contribution in [2.45, 2.75) is 6.10 Å². The molecule has 1 unspecified atom stereocenters. The monoisotopic (exact) mass is 227 g/mol. The largest absolute Gasteiger partial charge is 0.367 e. The van der Waals surface area contributed by atoms with E-state index in [1.807, 2.05) is 0 Å². The number of ether oxygens (including phenoxy) is 1. The Bertz CT molecular complexity index is 349. The number of halogens is 1. The van der Waals surface area contributed by atoms with Gasteiger partial charge in [0.1, 0.15) is 17.0 Å². The van der Waals surface area contributed by atoms with Crippen molar-refractivity contribution in [2.24, 2.45) is 0 Å². The van der Waals surface area contributed by atoms with Crippen molar-refractivity contribution in [1.29, 1.82) is 0 Å². The van der Waals surface area contributed by atoms with Crippen LogP contribution in [0.5, 0.6) is 0 Å². The zero-order valence-corrected chi connectivity index (χ0v) is 8.70. The topological polar surface area (TPSA) is 64.1 Å². The van der Waals surface area contributed by atoms with Crippen molar-refractivity contribution in [2.75, 3.05) is 19.7 Å². The second-order valence-corrected chi connectivity index (χ2v) is 3.54. The van der Waals surface area contributed by atoms with E-state index in [0.29, 0.717) is 13.2 Å². The number of ketones is 1. The highest BCUT2D eigenvalue weighted by molar-refractivity contribution is 6.29. The van der Waals surface area contributed by atoms with Crippen LogP contribution in [0.25, 0.3) is 0 Å². The van der Waals surface area contributed by atoms with Crippen LogP contribution < -0.4 is 5.32 Å². The van der Waals surface area contributed by atoms with Crippen LogP contribution in [0, 0.1) is 0 Å². The van der Waals surface area contributed by atoms with Gasteiger partial charge in [0.15, 0.2) is 0 Å². The molecule has 1 saturated heterocycles. The lowest BCUT2D eigenvalue weighted by molar-refractivity contribution is 0.0265. The molecule has 1 atom stereocenters. The first-order valence-corrected chi connectivity index (χ1v) is 4.99. The predicted molar refractivity (Wildman–Crippen MR) is 54.0 cm³/mol. The molecule has 1 aromatic rings. The number of morpholine rings is 1. The highest BCUT2D eigenvalue weighted by Crippen LogP contribution is 2.07. The smallest absolute Gasteiger partial charge is 0.212 e. The van der Waals surface area contributed by atoms with Crippen LogP contribution in [0.2, 0.25) is 5.15 Å². The van der Waals surface area contributed by atoms with Gasteiger partial charge in [-0.1, -0.05) is 11.6 Å². The van der Waals surface area contributed by atoms with E-state index in [2.05, 4.69) is 15.3 Å². The number of nitrogens with zero attached hydrogens (tertiary/aromatic N) is 2. The summed E-state index contributed by atoms with van der Waals surface area (Å²) < 4.78 is 5.31. The van der Waals surface area contributed by atoms with Crippen molar-refractivity contribution < 1.29 is 9.53 Å². The molecule has 80 valence electrons. The summed E-state index contributed by atoms with van der Waals surface area (Å²) in [6, 6.07) is 0. The summed E-state index contributed by atoms with van der Waals surface area (Å²) in [4.78, 5) is 19.5. The van der Waals surface area contributed by atoms with Crippen LogP contribution in [0.3, 0.4) is 0 Å². The van der Waals surface area contributed by atoms with Crippen LogP contribution in [-0.2, 0) is 4.74 Å². The molecule has 6 heteroatoms. The van der Waals surface area contributed by atoms with Crippen molar-refractivity contribution in [1.82, 2.24) is 15.3 Å². The lowest BCUT2D eigenvalue weighted by Gasteiger charge is -2.21. The molecule has 0 saturated carbocycles.